The standard InChI is InChI=1S/C21H27FN4O3S/c1-15(2)24-30(28,29)16-8-9-18(22)17(14-16)21(27)23-19-6-4-5-7-20(19)26-12-10-25(3)11-13-26/h4-9,14-15,24H,10-13H2,1-3H3,(H,23,27). The number of amides is 1. The molecule has 30 heavy (non-hydrogen) atoms. The lowest BCUT2D eigenvalue weighted by Gasteiger charge is -2.35. The van der Waals surface area contributed by atoms with Gasteiger partial charge in [0.05, 0.1) is 21.8 Å². The van der Waals surface area contributed by atoms with Crippen molar-refractivity contribution in [2.24, 2.45) is 0 Å². The van der Waals surface area contributed by atoms with Crippen LogP contribution in [0.25, 0.3) is 0 Å². The van der Waals surface area contributed by atoms with Gasteiger partial charge >= 0.3 is 0 Å². The third-order valence-corrected chi connectivity index (χ3v) is 6.54. The van der Waals surface area contributed by atoms with Crippen molar-refractivity contribution in [3.05, 3.63) is 53.8 Å². The van der Waals surface area contributed by atoms with E-state index >= 15 is 0 Å². The van der Waals surface area contributed by atoms with Crippen molar-refractivity contribution in [1.82, 2.24) is 9.62 Å². The summed E-state index contributed by atoms with van der Waals surface area (Å²) in [6.45, 7) is 6.80. The summed E-state index contributed by atoms with van der Waals surface area (Å²) in [6.07, 6.45) is 0. The minimum atomic E-state index is -3.85. The molecule has 1 saturated heterocycles. The van der Waals surface area contributed by atoms with E-state index in [4.69, 9.17) is 0 Å². The zero-order valence-corrected chi connectivity index (χ0v) is 18.2. The largest absolute Gasteiger partial charge is 0.367 e. The van der Waals surface area contributed by atoms with Gasteiger partial charge in [0.25, 0.3) is 5.91 Å². The number of benzene rings is 2. The molecule has 1 fully saturated rings. The Hall–Kier alpha value is -2.49. The number of para-hydroxylation sites is 2. The first-order chi connectivity index (χ1) is 14.2. The van der Waals surface area contributed by atoms with Crippen molar-refractivity contribution in [3.63, 3.8) is 0 Å². The first kappa shape index (κ1) is 22.2. The number of likely N-dealkylation sites (N-methyl/N-ethyl adjacent to an activating group) is 1. The number of nitrogens with one attached hydrogen (secondary N) is 2. The smallest absolute Gasteiger partial charge is 0.258 e. The van der Waals surface area contributed by atoms with Gasteiger partial charge in [0.2, 0.25) is 10.0 Å². The Bertz CT molecular complexity index is 1020. The van der Waals surface area contributed by atoms with E-state index in [0.29, 0.717) is 5.69 Å². The average molecular weight is 435 g/mol. The summed E-state index contributed by atoms with van der Waals surface area (Å²) in [5, 5.41) is 2.75. The molecule has 1 heterocycles. The minimum Gasteiger partial charge on any atom is -0.367 e. The molecule has 0 bridgehead atoms. The summed E-state index contributed by atoms with van der Waals surface area (Å²) in [7, 11) is -1.79. The molecule has 1 aliphatic rings. The van der Waals surface area contributed by atoms with Crippen LogP contribution >= 0.6 is 0 Å². The number of piperazine rings is 1. The lowest BCUT2D eigenvalue weighted by Crippen LogP contribution is -2.44. The van der Waals surface area contributed by atoms with Crippen molar-refractivity contribution in [3.8, 4) is 0 Å². The Labute approximate surface area is 176 Å². The fourth-order valence-electron chi connectivity index (χ4n) is 3.32. The van der Waals surface area contributed by atoms with Gasteiger partial charge in [-0.3, -0.25) is 4.79 Å². The molecular weight excluding hydrogens is 407 g/mol. The summed E-state index contributed by atoms with van der Waals surface area (Å²) in [5.41, 5.74) is 1.08. The number of sulfonamides is 1. The van der Waals surface area contributed by atoms with Gasteiger partial charge in [0.1, 0.15) is 5.82 Å². The fraction of sp³-hybridized carbons (Fsp3) is 0.381. The van der Waals surface area contributed by atoms with Gasteiger partial charge in [-0.2, -0.15) is 0 Å². The van der Waals surface area contributed by atoms with Crippen molar-refractivity contribution in [2.75, 3.05) is 43.4 Å². The highest BCUT2D eigenvalue weighted by Gasteiger charge is 2.22. The molecule has 2 aromatic rings. The number of hydrogen-bond donors (Lipinski definition) is 2. The second-order valence-corrected chi connectivity index (χ2v) is 9.39. The van der Waals surface area contributed by atoms with E-state index in [-0.39, 0.29) is 16.5 Å². The van der Waals surface area contributed by atoms with Crippen LogP contribution in [0.4, 0.5) is 15.8 Å². The fourth-order valence-corrected chi connectivity index (χ4v) is 4.59. The molecule has 0 saturated carbocycles. The predicted molar refractivity (Wildman–Crippen MR) is 116 cm³/mol. The molecule has 0 aromatic heterocycles. The van der Waals surface area contributed by atoms with E-state index in [0.717, 1.165) is 50.1 Å². The maximum atomic E-state index is 14.4. The van der Waals surface area contributed by atoms with Crippen LogP contribution in [0.5, 0.6) is 0 Å². The second-order valence-electron chi connectivity index (χ2n) is 7.68. The summed E-state index contributed by atoms with van der Waals surface area (Å²) in [4.78, 5) is 17.1. The summed E-state index contributed by atoms with van der Waals surface area (Å²) >= 11 is 0. The van der Waals surface area contributed by atoms with Crippen molar-refractivity contribution in [2.45, 2.75) is 24.8 Å². The van der Waals surface area contributed by atoms with Crippen LogP contribution in [0.15, 0.2) is 47.4 Å². The van der Waals surface area contributed by atoms with Crippen LogP contribution in [0, 0.1) is 5.82 Å². The topological polar surface area (TPSA) is 81.7 Å². The van der Waals surface area contributed by atoms with Gasteiger partial charge in [0, 0.05) is 32.2 Å². The number of carbonyl (C=O) groups excluding carboxylic acids is 1. The van der Waals surface area contributed by atoms with Gasteiger partial charge in [0.15, 0.2) is 0 Å². The Balaban J connectivity index is 1.86. The molecule has 0 atom stereocenters. The lowest BCUT2D eigenvalue weighted by atomic mass is 10.1. The lowest BCUT2D eigenvalue weighted by molar-refractivity contribution is 0.102. The van der Waals surface area contributed by atoms with Crippen LogP contribution in [-0.2, 0) is 10.0 Å². The first-order valence-corrected chi connectivity index (χ1v) is 11.3. The van der Waals surface area contributed by atoms with Crippen molar-refractivity contribution >= 4 is 27.3 Å². The van der Waals surface area contributed by atoms with E-state index in [1.807, 2.05) is 12.1 Å². The molecule has 1 amide bonds. The molecule has 0 spiro atoms. The van der Waals surface area contributed by atoms with E-state index in [1.54, 1.807) is 26.0 Å². The quantitative estimate of drug-likeness (QED) is 0.730. The minimum absolute atomic E-state index is 0.157. The summed E-state index contributed by atoms with van der Waals surface area (Å²) in [5.74, 6) is -1.48. The van der Waals surface area contributed by atoms with Gasteiger partial charge in [-0.25, -0.2) is 17.5 Å². The van der Waals surface area contributed by atoms with Gasteiger partial charge in [-0.15, -0.1) is 0 Å². The molecule has 9 heteroatoms. The Morgan fingerprint density at radius 1 is 1.07 bits per heavy atom. The van der Waals surface area contributed by atoms with Gasteiger partial charge in [-0.1, -0.05) is 12.1 Å². The van der Waals surface area contributed by atoms with Crippen LogP contribution in [-0.4, -0.2) is 58.5 Å². The van der Waals surface area contributed by atoms with Gasteiger partial charge in [-0.05, 0) is 51.2 Å². The SMILES string of the molecule is CC(C)NS(=O)(=O)c1ccc(F)c(C(=O)Nc2ccccc2N2CCN(C)CC2)c1. The molecular formula is C21H27FN4O3S. The maximum Gasteiger partial charge on any atom is 0.258 e. The molecule has 7 nitrogen and oxygen atoms in total. The van der Waals surface area contributed by atoms with Crippen LogP contribution in [0.2, 0.25) is 0 Å². The molecule has 2 aromatic carbocycles. The van der Waals surface area contributed by atoms with Crippen molar-refractivity contribution < 1.29 is 17.6 Å². The highest BCUT2D eigenvalue weighted by atomic mass is 32.2. The number of carbonyl (C=O) groups is 1. The van der Waals surface area contributed by atoms with Crippen LogP contribution < -0.4 is 14.9 Å². The van der Waals surface area contributed by atoms with E-state index < -0.39 is 21.7 Å². The average Bonchev–Trinajstić information content (AvgIpc) is 2.68. The summed E-state index contributed by atoms with van der Waals surface area (Å²) in [6, 6.07) is 10.2. The number of anilines is 2. The number of nitrogens with zero attached hydrogens (tertiary/aromatic N) is 2. The molecule has 2 N–H and O–H groups in total. The molecule has 0 radical (unpaired) electrons. The van der Waals surface area contributed by atoms with E-state index in [1.165, 1.54) is 0 Å². The normalized spacial score (nSPS) is 15.4. The number of rotatable bonds is 6. The Morgan fingerprint density at radius 3 is 2.40 bits per heavy atom. The van der Waals surface area contributed by atoms with Crippen LogP contribution in [0.1, 0.15) is 24.2 Å². The molecule has 1 aliphatic heterocycles. The molecule has 0 unspecified atom stereocenters. The van der Waals surface area contributed by atoms with E-state index in [9.17, 15) is 17.6 Å². The third kappa shape index (κ3) is 5.16. The number of halogens is 1. The highest BCUT2D eigenvalue weighted by molar-refractivity contribution is 7.89. The maximum absolute atomic E-state index is 14.4. The zero-order valence-electron chi connectivity index (χ0n) is 17.4. The first-order valence-electron chi connectivity index (χ1n) is 9.83. The predicted octanol–water partition coefficient (Wildman–Crippen LogP) is 2.52. The number of hydrogen-bond acceptors (Lipinski definition) is 5. The van der Waals surface area contributed by atoms with Crippen molar-refractivity contribution in [1.29, 1.82) is 0 Å². The van der Waals surface area contributed by atoms with Crippen LogP contribution in [0.3, 0.4) is 0 Å². The molecule has 162 valence electrons. The Kier molecular flexibility index (Phi) is 6.74. The zero-order chi connectivity index (χ0) is 21.9. The molecule has 0 aliphatic carbocycles. The summed E-state index contributed by atoms with van der Waals surface area (Å²) < 4.78 is 41.6. The monoisotopic (exact) mass is 434 g/mol. The second kappa shape index (κ2) is 9.11. The van der Waals surface area contributed by atoms with Gasteiger partial charge < -0.3 is 15.1 Å². The Morgan fingerprint density at radius 2 is 1.73 bits per heavy atom. The van der Waals surface area contributed by atoms with E-state index in [2.05, 4.69) is 26.9 Å². The molecule has 3 rings (SSSR count). The third-order valence-electron chi connectivity index (χ3n) is 4.88. The highest BCUT2D eigenvalue weighted by Crippen LogP contribution is 2.27.